The minimum Gasteiger partial charge on any atom is -0.380 e. The molecule has 21 heavy (non-hydrogen) atoms. The van der Waals surface area contributed by atoms with E-state index in [1.807, 2.05) is 0 Å². The summed E-state index contributed by atoms with van der Waals surface area (Å²) in [6.07, 6.45) is 5.51. The fraction of sp³-hybridized carbons (Fsp3) is 0.941. The van der Waals surface area contributed by atoms with E-state index in [1.165, 1.54) is 12.8 Å². The lowest BCUT2D eigenvalue weighted by Crippen LogP contribution is -2.47. The Morgan fingerprint density at radius 3 is 2.62 bits per heavy atom. The van der Waals surface area contributed by atoms with Gasteiger partial charge < -0.3 is 9.64 Å². The maximum atomic E-state index is 9.48. The fourth-order valence-corrected chi connectivity index (χ4v) is 2.59. The average molecular weight is 295 g/mol. The standard InChI is InChI=1S/C17H33N3O/c1-5-17(14-18,19-15(2)3)9-6-10-20(4)11-12-21-13-16-7-8-16/h15-16,19H,5-13H2,1-4H3. The minimum absolute atomic E-state index is 0.346. The number of ether oxygens (including phenoxy) is 1. The monoisotopic (exact) mass is 295 g/mol. The van der Waals surface area contributed by atoms with Crippen LogP contribution in [0.4, 0.5) is 0 Å². The highest BCUT2D eigenvalue weighted by atomic mass is 16.5. The second-order valence-electron chi connectivity index (χ2n) is 6.77. The van der Waals surface area contributed by atoms with Gasteiger partial charge in [-0.15, -0.1) is 0 Å². The van der Waals surface area contributed by atoms with Crippen LogP contribution < -0.4 is 5.32 Å². The summed E-state index contributed by atoms with van der Waals surface area (Å²) in [5.74, 6) is 0.846. The van der Waals surface area contributed by atoms with Crippen LogP contribution in [-0.4, -0.2) is 49.8 Å². The quantitative estimate of drug-likeness (QED) is 0.562. The first kappa shape index (κ1) is 18.4. The molecule has 0 aromatic heterocycles. The van der Waals surface area contributed by atoms with Crippen molar-refractivity contribution in [1.29, 1.82) is 5.26 Å². The van der Waals surface area contributed by atoms with Gasteiger partial charge in [0.15, 0.2) is 0 Å². The Morgan fingerprint density at radius 2 is 2.10 bits per heavy atom. The maximum absolute atomic E-state index is 9.48. The van der Waals surface area contributed by atoms with Crippen LogP contribution in [-0.2, 0) is 4.74 Å². The topological polar surface area (TPSA) is 48.3 Å². The molecule has 4 nitrogen and oxygen atoms in total. The SMILES string of the molecule is CCC(C#N)(CCCN(C)CCOCC1CC1)NC(C)C. The molecule has 0 saturated heterocycles. The van der Waals surface area contributed by atoms with Crippen molar-refractivity contribution in [2.24, 2.45) is 5.92 Å². The molecule has 1 N–H and O–H groups in total. The number of nitrogens with zero attached hydrogens (tertiary/aromatic N) is 2. The summed E-state index contributed by atoms with van der Waals surface area (Å²) >= 11 is 0. The van der Waals surface area contributed by atoms with Crippen molar-refractivity contribution >= 4 is 0 Å². The molecule has 1 rings (SSSR count). The highest BCUT2D eigenvalue weighted by Crippen LogP contribution is 2.28. The van der Waals surface area contributed by atoms with Crippen molar-refractivity contribution in [2.75, 3.05) is 33.4 Å². The molecule has 0 bridgehead atoms. The van der Waals surface area contributed by atoms with Crippen LogP contribution in [0, 0.1) is 17.2 Å². The van der Waals surface area contributed by atoms with Gasteiger partial charge >= 0.3 is 0 Å². The lowest BCUT2D eigenvalue weighted by molar-refractivity contribution is 0.102. The van der Waals surface area contributed by atoms with Gasteiger partial charge in [0.2, 0.25) is 0 Å². The van der Waals surface area contributed by atoms with E-state index < -0.39 is 0 Å². The van der Waals surface area contributed by atoms with Crippen LogP contribution in [0.3, 0.4) is 0 Å². The van der Waals surface area contributed by atoms with Gasteiger partial charge in [0, 0.05) is 19.2 Å². The Hall–Kier alpha value is -0.630. The summed E-state index contributed by atoms with van der Waals surface area (Å²) < 4.78 is 5.66. The van der Waals surface area contributed by atoms with E-state index in [-0.39, 0.29) is 5.54 Å². The molecule has 0 amide bonds. The Labute approximate surface area is 130 Å². The van der Waals surface area contributed by atoms with Gasteiger partial charge in [-0.05, 0) is 65.5 Å². The summed E-state index contributed by atoms with van der Waals surface area (Å²) in [6, 6.07) is 2.83. The van der Waals surface area contributed by atoms with Gasteiger partial charge in [0.05, 0.1) is 12.7 Å². The van der Waals surface area contributed by atoms with Crippen LogP contribution >= 0.6 is 0 Å². The summed E-state index contributed by atoms with van der Waals surface area (Å²) in [5, 5.41) is 12.9. The molecule has 1 unspecified atom stereocenters. The van der Waals surface area contributed by atoms with Gasteiger partial charge in [-0.2, -0.15) is 5.26 Å². The van der Waals surface area contributed by atoms with Gasteiger partial charge in [0.1, 0.15) is 5.54 Å². The summed E-state index contributed by atoms with van der Waals surface area (Å²) in [7, 11) is 2.14. The average Bonchev–Trinajstić information content (AvgIpc) is 3.26. The van der Waals surface area contributed by atoms with Crippen LogP contribution in [0.2, 0.25) is 0 Å². The van der Waals surface area contributed by atoms with Crippen LogP contribution in [0.5, 0.6) is 0 Å². The van der Waals surface area contributed by atoms with E-state index in [0.29, 0.717) is 6.04 Å². The molecular formula is C17H33N3O. The molecule has 0 aromatic rings. The maximum Gasteiger partial charge on any atom is 0.106 e. The molecule has 122 valence electrons. The Balaban J connectivity index is 2.14. The van der Waals surface area contributed by atoms with E-state index in [1.54, 1.807) is 0 Å². The van der Waals surface area contributed by atoms with E-state index >= 15 is 0 Å². The molecule has 0 aromatic carbocycles. The van der Waals surface area contributed by atoms with E-state index in [2.05, 4.69) is 44.1 Å². The zero-order valence-corrected chi connectivity index (χ0v) is 14.3. The molecule has 1 atom stereocenters. The normalized spacial score (nSPS) is 18.0. The number of hydrogen-bond acceptors (Lipinski definition) is 4. The van der Waals surface area contributed by atoms with Gasteiger partial charge in [-0.25, -0.2) is 0 Å². The first-order chi connectivity index (χ1) is 10.0. The number of nitriles is 1. The Morgan fingerprint density at radius 1 is 1.38 bits per heavy atom. The largest absolute Gasteiger partial charge is 0.380 e. The molecule has 0 radical (unpaired) electrons. The second-order valence-corrected chi connectivity index (χ2v) is 6.77. The van der Waals surface area contributed by atoms with Crippen molar-refractivity contribution in [3.8, 4) is 6.07 Å². The lowest BCUT2D eigenvalue weighted by atomic mass is 9.91. The molecule has 0 spiro atoms. The van der Waals surface area contributed by atoms with E-state index in [0.717, 1.165) is 51.5 Å². The highest BCUT2D eigenvalue weighted by Gasteiger charge is 2.27. The Bertz CT molecular complexity index is 322. The summed E-state index contributed by atoms with van der Waals surface area (Å²) in [6.45, 7) is 10.1. The molecule has 4 heteroatoms. The molecule has 0 heterocycles. The fourth-order valence-electron chi connectivity index (χ4n) is 2.59. The first-order valence-corrected chi connectivity index (χ1v) is 8.46. The van der Waals surface area contributed by atoms with E-state index in [4.69, 9.17) is 4.74 Å². The predicted octanol–water partition coefficient (Wildman–Crippen LogP) is 2.80. The van der Waals surface area contributed by atoms with Crippen LogP contribution in [0.25, 0.3) is 0 Å². The van der Waals surface area contributed by atoms with Crippen molar-refractivity contribution in [2.45, 2.75) is 64.5 Å². The molecule has 1 saturated carbocycles. The molecule has 0 aliphatic heterocycles. The Kier molecular flexibility index (Phi) is 8.24. The third-order valence-electron chi connectivity index (χ3n) is 4.19. The number of nitrogens with one attached hydrogen (secondary N) is 1. The van der Waals surface area contributed by atoms with Gasteiger partial charge in [0.25, 0.3) is 0 Å². The lowest BCUT2D eigenvalue weighted by Gasteiger charge is -2.29. The molecule has 1 aliphatic carbocycles. The van der Waals surface area contributed by atoms with Crippen molar-refractivity contribution in [3.63, 3.8) is 0 Å². The van der Waals surface area contributed by atoms with Crippen LogP contribution in [0.1, 0.15) is 52.9 Å². The molecule has 1 aliphatic rings. The van der Waals surface area contributed by atoms with Crippen molar-refractivity contribution in [3.05, 3.63) is 0 Å². The summed E-state index contributed by atoms with van der Waals surface area (Å²) in [4.78, 5) is 2.31. The highest BCUT2D eigenvalue weighted by molar-refractivity contribution is 5.06. The van der Waals surface area contributed by atoms with E-state index in [9.17, 15) is 5.26 Å². The number of rotatable bonds is 12. The van der Waals surface area contributed by atoms with Gasteiger partial charge in [-0.1, -0.05) is 6.92 Å². The minimum atomic E-state index is -0.364. The molecule has 1 fully saturated rings. The van der Waals surface area contributed by atoms with Gasteiger partial charge in [-0.3, -0.25) is 5.32 Å². The predicted molar refractivity (Wildman–Crippen MR) is 87.2 cm³/mol. The molecular weight excluding hydrogens is 262 g/mol. The van der Waals surface area contributed by atoms with Crippen molar-refractivity contribution < 1.29 is 4.74 Å². The zero-order chi connectivity index (χ0) is 15.7. The third-order valence-corrected chi connectivity index (χ3v) is 4.19. The first-order valence-electron chi connectivity index (χ1n) is 8.46. The second kappa shape index (κ2) is 9.40. The number of likely N-dealkylation sites (N-methyl/N-ethyl adjacent to an activating group) is 1. The number of hydrogen-bond donors (Lipinski definition) is 1. The third kappa shape index (κ3) is 7.80. The van der Waals surface area contributed by atoms with Crippen LogP contribution in [0.15, 0.2) is 0 Å². The van der Waals surface area contributed by atoms with Crippen molar-refractivity contribution in [1.82, 2.24) is 10.2 Å². The smallest absolute Gasteiger partial charge is 0.106 e. The summed E-state index contributed by atoms with van der Waals surface area (Å²) in [5.41, 5.74) is -0.364. The zero-order valence-electron chi connectivity index (χ0n) is 14.3.